The second-order valence-electron chi connectivity index (χ2n) is 7.13. The fourth-order valence-corrected chi connectivity index (χ4v) is 3.93. The molecule has 7 nitrogen and oxygen atoms in total. The number of benzene rings is 2. The third-order valence-corrected chi connectivity index (χ3v) is 5.36. The lowest BCUT2D eigenvalue weighted by atomic mass is 10.1. The fraction of sp³-hybridized carbons (Fsp3) is 0.174. The molecule has 0 atom stereocenters. The number of carbonyl (C=O) groups is 1. The molecular formula is C23H20ClN3O4. The summed E-state index contributed by atoms with van der Waals surface area (Å²) in [5, 5.41) is 14.7. The van der Waals surface area contributed by atoms with Gasteiger partial charge in [-0.15, -0.1) is 0 Å². The number of hydrogen-bond donors (Lipinski definition) is 1. The van der Waals surface area contributed by atoms with Crippen LogP contribution >= 0.6 is 11.6 Å². The van der Waals surface area contributed by atoms with Crippen LogP contribution in [0.2, 0.25) is 5.02 Å². The number of hydrogen-bond acceptors (Lipinski definition) is 5. The van der Waals surface area contributed by atoms with E-state index in [1.54, 1.807) is 36.4 Å². The van der Waals surface area contributed by atoms with Gasteiger partial charge in [-0.25, -0.2) is 0 Å². The van der Waals surface area contributed by atoms with Crippen LogP contribution < -0.4 is 10.2 Å². The highest BCUT2D eigenvalue weighted by atomic mass is 35.5. The van der Waals surface area contributed by atoms with Crippen molar-refractivity contribution < 1.29 is 14.1 Å². The van der Waals surface area contributed by atoms with Gasteiger partial charge in [-0.3, -0.25) is 14.9 Å². The first kappa shape index (κ1) is 20.7. The Kier molecular flexibility index (Phi) is 6.04. The van der Waals surface area contributed by atoms with Crippen LogP contribution in [-0.2, 0) is 4.79 Å². The highest BCUT2D eigenvalue weighted by molar-refractivity contribution is 6.34. The van der Waals surface area contributed by atoms with Gasteiger partial charge in [0.1, 0.15) is 11.5 Å². The second kappa shape index (κ2) is 9.06. The summed E-state index contributed by atoms with van der Waals surface area (Å²) in [6.45, 7) is 1.81. The number of nitro benzene ring substituents is 1. The summed E-state index contributed by atoms with van der Waals surface area (Å²) in [4.78, 5) is 25.4. The number of halogens is 1. The van der Waals surface area contributed by atoms with Crippen molar-refractivity contribution in [2.24, 2.45) is 0 Å². The van der Waals surface area contributed by atoms with Crippen LogP contribution in [0.1, 0.15) is 18.6 Å². The third kappa shape index (κ3) is 4.62. The minimum Gasteiger partial charge on any atom is -0.456 e. The molecule has 4 rings (SSSR count). The Bertz CT molecular complexity index is 1150. The predicted molar refractivity (Wildman–Crippen MR) is 121 cm³/mol. The number of para-hydroxylation sites is 2. The van der Waals surface area contributed by atoms with Crippen molar-refractivity contribution >= 4 is 40.6 Å². The summed E-state index contributed by atoms with van der Waals surface area (Å²) < 4.78 is 5.68. The molecule has 2 heterocycles. The topological polar surface area (TPSA) is 88.6 Å². The highest BCUT2D eigenvalue weighted by Crippen LogP contribution is 2.36. The summed E-state index contributed by atoms with van der Waals surface area (Å²) in [5.41, 5.74) is 1.83. The average molecular weight is 438 g/mol. The molecule has 31 heavy (non-hydrogen) atoms. The molecule has 1 aliphatic heterocycles. The van der Waals surface area contributed by atoms with Gasteiger partial charge in [-0.05, 0) is 49.2 Å². The van der Waals surface area contributed by atoms with E-state index in [4.69, 9.17) is 16.0 Å². The van der Waals surface area contributed by atoms with Crippen molar-refractivity contribution in [2.75, 3.05) is 23.3 Å². The van der Waals surface area contributed by atoms with Gasteiger partial charge in [0.15, 0.2) is 0 Å². The van der Waals surface area contributed by atoms with E-state index in [0.717, 1.165) is 31.6 Å². The van der Waals surface area contributed by atoms with Crippen LogP contribution in [0.5, 0.6) is 0 Å². The lowest BCUT2D eigenvalue weighted by Crippen LogP contribution is -2.21. The van der Waals surface area contributed by atoms with Crippen LogP contribution in [0.15, 0.2) is 65.1 Å². The maximum atomic E-state index is 12.5. The summed E-state index contributed by atoms with van der Waals surface area (Å²) in [7, 11) is 0. The van der Waals surface area contributed by atoms with E-state index in [0.29, 0.717) is 27.8 Å². The quantitative estimate of drug-likeness (QED) is 0.301. The van der Waals surface area contributed by atoms with Crippen molar-refractivity contribution in [3.8, 4) is 11.3 Å². The number of nitro groups is 1. The number of nitrogens with zero attached hydrogens (tertiary/aromatic N) is 2. The van der Waals surface area contributed by atoms with Gasteiger partial charge >= 0.3 is 0 Å². The van der Waals surface area contributed by atoms with Crippen LogP contribution in [0.4, 0.5) is 17.1 Å². The molecule has 0 spiro atoms. The Morgan fingerprint density at radius 3 is 2.65 bits per heavy atom. The van der Waals surface area contributed by atoms with Gasteiger partial charge in [0.25, 0.3) is 5.69 Å². The van der Waals surface area contributed by atoms with E-state index in [2.05, 4.69) is 10.2 Å². The molecule has 1 aromatic heterocycles. The van der Waals surface area contributed by atoms with Gasteiger partial charge in [0, 0.05) is 25.2 Å². The molecule has 0 saturated carbocycles. The molecule has 1 fully saturated rings. The Hall–Kier alpha value is -3.58. The first-order chi connectivity index (χ1) is 15.0. The lowest BCUT2D eigenvalue weighted by Gasteiger charge is -2.22. The van der Waals surface area contributed by atoms with Crippen molar-refractivity contribution in [1.29, 1.82) is 0 Å². The van der Waals surface area contributed by atoms with Gasteiger partial charge in [0.2, 0.25) is 5.91 Å². The molecule has 8 heteroatoms. The van der Waals surface area contributed by atoms with Crippen molar-refractivity contribution in [3.63, 3.8) is 0 Å². The number of rotatable bonds is 6. The van der Waals surface area contributed by atoms with Crippen LogP contribution in [0.3, 0.4) is 0 Å². The molecule has 1 aliphatic rings. The van der Waals surface area contributed by atoms with Crippen LogP contribution in [0, 0.1) is 10.1 Å². The zero-order valence-corrected chi connectivity index (χ0v) is 17.3. The number of nitrogens with one attached hydrogen (secondary N) is 1. The summed E-state index contributed by atoms with van der Waals surface area (Å²) in [5.74, 6) is 0.444. The average Bonchev–Trinajstić information content (AvgIpc) is 3.45. The van der Waals surface area contributed by atoms with Gasteiger partial charge in [-0.2, -0.15) is 0 Å². The van der Waals surface area contributed by atoms with Crippen LogP contribution in [0.25, 0.3) is 17.4 Å². The van der Waals surface area contributed by atoms with Gasteiger partial charge in [-0.1, -0.05) is 29.8 Å². The molecule has 1 N–H and O–H groups in total. The zero-order chi connectivity index (χ0) is 21.8. The molecule has 0 radical (unpaired) electrons. The molecule has 1 saturated heterocycles. The smallest absolute Gasteiger partial charge is 0.280 e. The van der Waals surface area contributed by atoms with Crippen molar-refractivity contribution in [2.45, 2.75) is 12.8 Å². The van der Waals surface area contributed by atoms with E-state index in [1.807, 2.05) is 12.1 Å². The summed E-state index contributed by atoms with van der Waals surface area (Å²) in [6, 6.07) is 15.1. The monoisotopic (exact) mass is 437 g/mol. The van der Waals surface area contributed by atoms with E-state index in [9.17, 15) is 14.9 Å². The first-order valence-corrected chi connectivity index (χ1v) is 10.3. The van der Waals surface area contributed by atoms with E-state index >= 15 is 0 Å². The van der Waals surface area contributed by atoms with Crippen molar-refractivity contribution in [3.05, 3.63) is 81.6 Å². The number of amides is 1. The van der Waals surface area contributed by atoms with Gasteiger partial charge in [0.05, 0.1) is 26.9 Å². The highest BCUT2D eigenvalue weighted by Gasteiger charge is 2.20. The third-order valence-electron chi connectivity index (χ3n) is 5.06. The predicted octanol–water partition coefficient (Wildman–Crippen LogP) is 5.76. The molecule has 0 bridgehead atoms. The van der Waals surface area contributed by atoms with Crippen LogP contribution in [-0.4, -0.2) is 23.9 Å². The molecule has 3 aromatic rings. The second-order valence-corrected chi connectivity index (χ2v) is 7.54. The molecule has 0 unspecified atom stereocenters. The largest absolute Gasteiger partial charge is 0.456 e. The summed E-state index contributed by atoms with van der Waals surface area (Å²) in [6.07, 6.45) is 5.07. The normalized spacial score (nSPS) is 13.6. The Morgan fingerprint density at radius 2 is 1.87 bits per heavy atom. The number of anilines is 2. The van der Waals surface area contributed by atoms with E-state index in [1.165, 1.54) is 18.2 Å². The minimum absolute atomic E-state index is 0.0412. The maximum absolute atomic E-state index is 12.5. The fourth-order valence-electron chi connectivity index (χ4n) is 3.64. The van der Waals surface area contributed by atoms with E-state index < -0.39 is 4.92 Å². The van der Waals surface area contributed by atoms with Crippen molar-refractivity contribution in [1.82, 2.24) is 0 Å². The molecule has 2 aromatic carbocycles. The standard InChI is InChI=1S/C23H20ClN3O4/c24-18-7-5-8-19(23(18)26-14-3-4-15-26)25-22(28)13-11-16-10-12-21(31-16)17-6-1-2-9-20(17)27(29)30/h1-2,5-13H,3-4,14-15H2,(H,25,28)/b13-11+. The lowest BCUT2D eigenvalue weighted by molar-refractivity contribution is -0.384. The Balaban J connectivity index is 1.49. The zero-order valence-electron chi connectivity index (χ0n) is 16.6. The van der Waals surface area contributed by atoms with E-state index in [-0.39, 0.29) is 11.6 Å². The summed E-state index contributed by atoms with van der Waals surface area (Å²) >= 11 is 6.39. The Morgan fingerprint density at radius 1 is 1.10 bits per heavy atom. The number of carbonyl (C=O) groups excluding carboxylic acids is 1. The molecule has 0 aliphatic carbocycles. The SMILES string of the molecule is O=C(/C=C/c1ccc(-c2ccccc2[N+](=O)[O-])o1)Nc1cccc(Cl)c1N1CCCC1. The van der Waals surface area contributed by atoms with Gasteiger partial charge < -0.3 is 14.6 Å². The Labute approximate surface area is 184 Å². The maximum Gasteiger partial charge on any atom is 0.280 e. The minimum atomic E-state index is -0.455. The first-order valence-electron chi connectivity index (χ1n) is 9.89. The molecule has 1 amide bonds. The number of furan rings is 1. The molecular weight excluding hydrogens is 418 g/mol. The molecule has 158 valence electrons.